The first-order valence-corrected chi connectivity index (χ1v) is 5.62. The predicted octanol–water partition coefficient (Wildman–Crippen LogP) is 2.64. The van der Waals surface area contributed by atoms with Crippen molar-refractivity contribution in [2.45, 2.75) is 40.3 Å². The minimum atomic E-state index is 0.766. The molecule has 0 bridgehead atoms. The summed E-state index contributed by atoms with van der Waals surface area (Å²) in [6.45, 7) is 9.86. The Morgan fingerprint density at radius 3 is 2.86 bits per heavy atom. The molecule has 0 saturated carbocycles. The lowest BCUT2D eigenvalue weighted by atomic mass is 10.1. The largest absolute Gasteiger partial charge is 0.350 e. The van der Waals surface area contributed by atoms with Crippen LogP contribution in [0.5, 0.6) is 0 Å². The maximum absolute atomic E-state index is 3.36. The van der Waals surface area contributed by atoms with E-state index in [0.29, 0.717) is 0 Å². The third-order valence-corrected chi connectivity index (χ3v) is 2.68. The normalized spacial score (nSPS) is 13.1. The number of hydrogen-bond donors (Lipinski definition) is 1. The monoisotopic (exact) mass is 194 g/mol. The Morgan fingerprint density at radius 2 is 2.21 bits per heavy atom. The van der Waals surface area contributed by atoms with Crippen molar-refractivity contribution in [3.63, 3.8) is 0 Å². The molecule has 1 atom stereocenters. The van der Waals surface area contributed by atoms with E-state index in [4.69, 9.17) is 0 Å². The molecule has 0 aliphatic heterocycles. The topological polar surface area (TPSA) is 17.0 Å². The molecule has 80 valence electrons. The third-order valence-electron chi connectivity index (χ3n) is 2.68. The van der Waals surface area contributed by atoms with Gasteiger partial charge in [-0.05, 0) is 24.6 Å². The fourth-order valence-corrected chi connectivity index (χ4v) is 1.51. The van der Waals surface area contributed by atoms with Crippen LogP contribution in [0.3, 0.4) is 0 Å². The molecule has 0 radical (unpaired) electrons. The molecule has 14 heavy (non-hydrogen) atoms. The average Bonchev–Trinajstić information content (AvgIpc) is 2.62. The Morgan fingerprint density at radius 1 is 1.43 bits per heavy atom. The molecular weight excluding hydrogens is 172 g/mol. The maximum atomic E-state index is 3.36. The highest BCUT2D eigenvalue weighted by Crippen LogP contribution is 2.09. The summed E-state index contributed by atoms with van der Waals surface area (Å²) in [7, 11) is 0. The van der Waals surface area contributed by atoms with Crippen molar-refractivity contribution in [1.29, 1.82) is 0 Å². The van der Waals surface area contributed by atoms with Crippen molar-refractivity contribution in [1.82, 2.24) is 9.88 Å². The van der Waals surface area contributed by atoms with Gasteiger partial charge in [-0.2, -0.15) is 0 Å². The lowest BCUT2D eigenvalue weighted by Gasteiger charge is -2.13. The van der Waals surface area contributed by atoms with Crippen LogP contribution in [0.25, 0.3) is 0 Å². The molecule has 0 aliphatic carbocycles. The number of aromatic nitrogens is 1. The summed E-state index contributed by atoms with van der Waals surface area (Å²) in [6, 6.07) is 4.33. The van der Waals surface area contributed by atoms with Gasteiger partial charge < -0.3 is 9.88 Å². The van der Waals surface area contributed by atoms with Gasteiger partial charge in [-0.1, -0.05) is 27.2 Å². The number of nitrogens with zero attached hydrogens (tertiary/aromatic N) is 1. The zero-order valence-electron chi connectivity index (χ0n) is 9.59. The molecule has 1 unspecified atom stereocenters. The molecule has 1 aromatic heterocycles. The smallest absolute Gasteiger partial charge is 0.0359 e. The van der Waals surface area contributed by atoms with Crippen LogP contribution in [-0.4, -0.2) is 11.1 Å². The Bertz CT molecular complexity index is 253. The molecule has 1 N–H and O–H groups in total. The SMILES string of the molecule is CCNCc1cccn1CC(C)CC. The summed E-state index contributed by atoms with van der Waals surface area (Å²) in [6.07, 6.45) is 3.43. The lowest BCUT2D eigenvalue weighted by molar-refractivity contribution is 0.456. The van der Waals surface area contributed by atoms with E-state index in [1.807, 2.05) is 0 Å². The molecule has 1 aromatic rings. The highest BCUT2D eigenvalue weighted by Gasteiger charge is 2.03. The van der Waals surface area contributed by atoms with Crippen LogP contribution in [0, 0.1) is 5.92 Å². The average molecular weight is 194 g/mol. The first-order valence-electron chi connectivity index (χ1n) is 5.62. The van der Waals surface area contributed by atoms with E-state index >= 15 is 0 Å². The van der Waals surface area contributed by atoms with Gasteiger partial charge >= 0.3 is 0 Å². The molecule has 0 fully saturated rings. The molecular formula is C12H22N2. The van der Waals surface area contributed by atoms with Crippen LogP contribution in [0.1, 0.15) is 32.9 Å². The third kappa shape index (κ3) is 3.18. The van der Waals surface area contributed by atoms with Crippen LogP contribution in [0.15, 0.2) is 18.3 Å². The second-order valence-corrected chi connectivity index (χ2v) is 3.95. The Balaban J connectivity index is 2.53. The number of rotatable bonds is 6. The van der Waals surface area contributed by atoms with Gasteiger partial charge in [-0.15, -0.1) is 0 Å². The summed E-state index contributed by atoms with van der Waals surface area (Å²) in [5, 5.41) is 3.36. The Kier molecular flexibility index (Phi) is 4.74. The second-order valence-electron chi connectivity index (χ2n) is 3.95. The van der Waals surface area contributed by atoms with E-state index in [0.717, 1.165) is 25.6 Å². The zero-order chi connectivity index (χ0) is 10.4. The first-order chi connectivity index (χ1) is 6.77. The highest BCUT2D eigenvalue weighted by atomic mass is 15.0. The summed E-state index contributed by atoms with van der Waals surface area (Å²) < 4.78 is 2.36. The van der Waals surface area contributed by atoms with E-state index in [9.17, 15) is 0 Å². The van der Waals surface area contributed by atoms with Crippen LogP contribution < -0.4 is 5.32 Å². The van der Waals surface area contributed by atoms with Gasteiger partial charge in [-0.3, -0.25) is 0 Å². The maximum Gasteiger partial charge on any atom is 0.0359 e. The fraction of sp³-hybridized carbons (Fsp3) is 0.667. The van der Waals surface area contributed by atoms with E-state index in [-0.39, 0.29) is 0 Å². The van der Waals surface area contributed by atoms with Crippen LogP contribution in [0.4, 0.5) is 0 Å². The van der Waals surface area contributed by atoms with E-state index in [1.54, 1.807) is 0 Å². The van der Waals surface area contributed by atoms with Crippen molar-refractivity contribution >= 4 is 0 Å². The summed E-state index contributed by atoms with van der Waals surface area (Å²) in [5.74, 6) is 0.766. The van der Waals surface area contributed by atoms with Gasteiger partial charge in [0.05, 0.1) is 0 Å². The van der Waals surface area contributed by atoms with E-state index in [2.05, 4.69) is 49.0 Å². The van der Waals surface area contributed by atoms with E-state index in [1.165, 1.54) is 12.1 Å². The highest BCUT2D eigenvalue weighted by molar-refractivity contribution is 5.06. The van der Waals surface area contributed by atoms with Crippen LogP contribution in [0.2, 0.25) is 0 Å². The van der Waals surface area contributed by atoms with Gasteiger partial charge in [0.25, 0.3) is 0 Å². The first kappa shape index (κ1) is 11.3. The molecule has 1 rings (SSSR count). The van der Waals surface area contributed by atoms with Gasteiger partial charge in [0.1, 0.15) is 0 Å². The van der Waals surface area contributed by atoms with Crippen molar-refractivity contribution in [2.75, 3.05) is 6.54 Å². The van der Waals surface area contributed by atoms with Gasteiger partial charge in [-0.25, -0.2) is 0 Å². The van der Waals surface area contributed by atoms with Crippen molar-refractivity contribution in [3.05, 3.63) is 24.0 Å². The van der Waals surface area contributed by atoms with Crippen molar-refractivity contribution in [2.24, 2.45) is 5.92 Å². The molecule has 2 heteroatoms. The van der Waals surface area contributed by atoms with Crippen molar-refractivity contribution in [3.8, 4) is 0 Å². The molecule has 2 nitrogen and oxygen atoms in total. The van der Waals surface area contributed by atoms with Crippen LogP contribution in [-0.2, 0) is 13.1 Å². The molecule has 1 heterocycles. The van der Waals surface area contributed by atoms with Gasteiger partial charge in [0.15, 0.2) is 0 Å². The zero-order valence-corrected chi connectivity index (χ0v) is 9.59. The minimum absolute atomic E-state index is 0.766. The fourth-order valence-electron chi connectivity index (χ4n) is 1.51. The molecule has 0 saturated heterocycles. The number of nitrogens with one attached hydrogen (secondary N) is 1. The summed E-state index contributed by atoms with van der Waals surface area (Å²) in [5.41, 5.74) is 1.40. The van der Waals surface area contributed by atoms with Gasteiger partial charge in [0.2, 0.25) is 0 Å². The van der Waals surface area contributed by atoms with Crippen molar-refractivity contribution < 1.29 is 0 Å². The quantitative estimate of drug-likeness (QED) is 0.736. The molecule has 0 amide bonds. The standard InChI is InChI=1S/C12H22N2/c1-4-11(3)10-14-8-6-7-12(14)9-13-5-2/h6-8,11,13H,4-5,9-10H2,1-3H3. The lowest BCUT2D eigenvalue weighted by Crippen LogP contribution is -2.16. The molecule has 0 aromatic carbocycles. The molecule has 0 aliphatic rings. The predicted molar refractivity (Wildman–Crippen MR) is 61.3 cm³/mol. The molecule has 0 spiro atoms. The van der Waals surface area contributed by atoms with E-state index < -0.39 is 0 Å². The minimum Gasteiger partial charge on any atom is -0.350 e. The summed E-state index contributed by atoms with van der Waals surface area (Å²) in [4.78, 5) is 0. The summed E-state index contributed by atoms with van der Waals surface area (Å²) >= 11 is 0. The van der Waals surface area contributed by atoms with Crippen LogP contribution >= 0.6 is 0 Å². The van der Waals surface area contributed by atoms with Gasteiger partial charge in [0, 0.05) is 25.0 Å². The Hall–Kier alpha value is -0.760. The second kappa shape index (κ2) is 5.86. The Labute approximate surface area is 87.3 Å². The number of hydrogen-bond acceptors (Lipinski definition) is 1.